The monoisotopic (exact) mass is 431 g/mol. The van der Waals surface area contributed by atoms with Crippen molar-refractivity contribution in [1.82, 2.24) is 15.1 Å². The van der Waals surface area contributed by atoms with Crippen LogP contribution in [0.5, 0.6) is 0 Å². The summed E-state index contributed by atoms with van der Waals surface area (Å²) in [6, 6.07) is 9.48. The minimum atomic E-state index is -4.53. The maximum Gasteiger partial charge on any atom is 0.404 e. The van der Waals surface area contributed by atoms with E-state index in [-0.39, 0.29) is 30.8 Å². The Morgan fingerprint density at radius 3 is 2.31 bits per heavy atom. The first kappa shape index (κ1) is 22.4. The highest BCUT2D eigenvalue weighted by Gasteiger charge is 2.64. The molecule has 1 unspecified atom stereocenters. The van der Waals surface area contributed by atoms with E-state index in [1.165, 1.54) is 4.90 Å². The molecule has 1 aromatic rings. The highest BCUT2D eigenvalue weighted by molar-refractivity contribution is 5.85. The van der Waals surface area contributed by atoms with Crippen LogP contribution < -0.4 is 5.32 Å². The molecule has 3 aliphatic rings. The van der Waals surface area contributed by atoms with E-state index in [1.54, 1.807) is 4.90 Å². The standard InChI is InChI=1S/C21H28F3N3O.ClH/c22-21(23,24)20(9-11-26(16-20)14-17-4-2-1-3-5-17)18(28)27-12-7-19(8-13-27)6-10-25-15-19;/h1-5,25H,6-16H2;1H. The molecule has 3 saturated heterocycles. The summed E-state index contributed by atoms with van der Waals surface area (Å²) < 4.78 is 42.4. The van der Waals surface area contributed by atoms with Gasteiger partial charge in [0, 0.05) is 32.7 Å². The topological polar surface area (TPSA) is 35.6 Å². The van der Waals surface area contributed by atoms with Crippen LogP contribution in [-0.4, -0.2) is 61.2 Å². The fourth-order valence-corrected chi connectivity index (χ4v) is 5.10. The average Bonchev–Trinajstić information content (AvgIpc) is 3.31. The van der Waals surface area contributed by atoms with Crippen LogP contribution in [0.1, 0.15) is 31.2 Å². The van der Waals surface area contributed by atoms with Gasteiger partial charge in [0.25, 0.3) is 0 Å². The summed E-state index contributed by atoms with van der Waals surface area (Å²) in [4.78, 5) is 16.4. The van der Waals surface area contributed by atoms with Crippen LogP contribution in [0, 0.1) is 10.8 Å². The van der Waals surface area contributed by atoms with Crippen molar-refractivity contribution in [2.24, 2.45) is 10.8 Å². The van der Waals surface area contributed by atoms with Gasteiger partial charge in [-0.3, -0.25) is 9.69 Å². The number of hydrogen-bond donors (Lipinski definition) is 1. The second-order valence-corrected chi connectivity index (χ2v) is 8.75. The summed E-state index contributed by atoms with van der Waals surface area (Å²) in [5.41, 5.74) is -1.11. The minimum absolute atomic E-state index is 0. The highest BCUT2D eigenvalue weighted by Crippen LogP contribution is 2.48. The normalized spacial score (nSPS) is 27.2. The molecule has 3 fully saturated rings. The van der Waals surface area contributed by atoms with E-state index in [0.717, 1.165) is 37.9 Å². The van der Waals surface area contributed by atoms with Crippen LogP contribution in [0.25, 0.3) is 0 Å². The molecule has 3 heterocycles. The summed E-state index contributed by atoms with van der Waals surface area (Å²) in [6.45, 7) is 3.27. The van der Waals surface area contributed by atoms with E-state index < -0.39 is 17.5 Å². The highest BCUT2D eigenvalue weighted by atomic mass is 35.5. The van der Waals surface area contributed by atoms with E-state index >= 15 is 0 Å². The number of piperidine rings is 1. The number of nitrogens with one attached hydrogen (secondary N) is 1. The summed E-state index contributed by atoms with van der Waals surface area (Å²) in [6.07, 6.45) is -2.02. The van der Waals surface area contributed by atoms with Crippen molar-refractivity contribution in [3.8, 4) is 0 Å². The maximum atomic E-state index is 14.1. The number of halogens is 4. The third-order valence-electron chi connectivity index (χ3n) is 6.99. The molecular formula is C21H29ClF3N3O. The molecular weight excluding hydrogens is 403 g/mol. The predicted octanol–water partition coefficient (Wildman–Crippen LogP) is 3.46. The molecule has 1 atom stereocenters. The van der Waals surface area contributed by atoms with Gasteiger partial charge in [-0.1, -0.05) is 30.3 Å². The van der Waals surface area contributed by atoms with Gasteiger partial charge < -0.3 is 10.2 Å². The Labute approximate surface area is 176 Å². The molecule has 0 aliphatic carbocycles. The second-order valence-electron chi connectivity index (χ2n) is 8.75. The fourth-order valence-electron chi connectivity index (χ4n) is 5.10. The Hall–Kier alpha value is -1.31. The van der Waals surface area contributed by atoms with Crippen LogP contribution in [-0.2, 0) is 11.3 Å². The Kier molecular flexibility index (Phi) is 6.51. The van der Waals surface area contributed by atoms with Gasteiger partial charge in [-0.15, -0.1) is 12.4 Å². The first-order chi connectivity index (χ1) is 13.3. The van der Waals surface area contributed by atoms with Gasteiger partial charge in [-0.05, 0) is 49.8 Å². The molecule has 3 aliphatic heterocycles. The van der Waals surface area contributed by atoms with Crippen molar-refractivity contribution in [1.29, 1.82) is 0 Å². The Morgan fingerprint density at radius 1 is 1.03 bits per heavy atom. The molecule has 1 amide bonds. The van der Waals surface area contributed by atoms with Gasteiger partial charge >= 0.3 is 6.18 Å². The Bertz CT molecular complexity index is 699. The lowest BCUT2D eigenvalue weighted by molar-refractivity contribution is -0.224. The van der Waals surface area contributed by atoms with E-state index in [0.29, 0.717) is 26.2 Å². The zero-order valence-electron chi connectivity index (χ0n) is 16.5. The maximum absolute atomic E-state index is 14.1. The van der Waals surface area contributed by atoms with Crippen molar-refractivity contribution >= 4 is 18.3 Å². The third-order valence-corrected chi connectivity index (χ3v) is 6.99. The summed E-state index contributed by atoms with van der Waals surface area (Å²) in [5, 5.41) is 3.35. The number of likely N-dealkylation sites (tertiary alicyclic amines) is 2. The van der Waals surface area contributed by atoms with Gasteiger partial charge in [0.15, 0.2) is 5.41 Å². The van der Waals surface area contributed by atoms with Crippen LogP contribution >= 0.6 is 12.4 Å². The molecule has 0 radical (unpaired) electrons. The number of carbonyl (C=O) groups excluding carboxylic acids is 1. The number of benzene rings is 1. The number of alkyl halides is 3. The zero-order valence-corrected chi connectivity index (χ0v) is 17.3. The van der Waals surface area contributed by atoms with Gasteiger partial charge in [-0.2, -0.15) is 13.2 Å². The smallest absolute Gasteiger partial charge is 0.342 e. The zero-order chi connectivity index (χ0) is 19.8. The summed E-state index contributed by atoms with van der Waals surface area (Å²) in [7, 11) is 0. The van der Waals surface area contributed by atoms with Crippen molar-refractivity contribution in [2.75, 3.05) is 39.3 Å². The first-order valence-corrected chi connectivity index (χ1v) is 10.2. The minimum Gasteiger partial charge on any atom is -0.342 e. The van der Waals surface area contributed by atoms with Crippen LogP contribution in [0.15, 0.2) is 30.3 Å². The lowest BCUT2D eigenvalue weighted by Crippen LogP contribution is -2.56. The molecule has 29 heavy (non-hydrogen) atoms. The van der Waals surface area contributed by atoms with E-state index in [4.69, 9.17) is 0 Å². The molecule has 1 spiro atoms. The van der Waals surface area contributed by atoms with E-state index in [2.05, 4.69) is 5.32 Å². The summed E-state index contributed by atoms with van der Waals surface area (Å²) >= 11 is 0. The second kappa shape index (κ2) is 8.44. The molecule has 4 rings (SSSR count). The largest absolute Gasteiger partial charge is 0.404 e. The fraction of sp³-hybridized carbons (Fsp3) is 0.667. The Morgan fingerprint density at radius 2 is 1.72 bits per heavy atom. The lowest BCUT2D eigenvalue weighted by atomic mass is 9.76. The average molecular weight is 432 g/mol. The molecule has 0 aromatic heterocycles. The van der Waals surface area contributed by atoms with Crippen LogP contribution in [0.4, 0.5) is 13.2 Å². The van der Waals surface area contributed by atoms with Crippen molar-refractivity contribution in [3.63, 3.8) is 0 Å². The molecule has 4 nitrogen and oxygen atoms in total. The van der Waals surface area contributed by atoms with Crippen LogP contribution in [0.3, 0.4) is 0 Å². The molecule has 162 valence electrons. The van der Waals surface area contributed by atoms with Gasteiger partial charge in [0.1, 0.15) is 0 Å². The predicted molar refractivity (Wildman–Crippen MR) is 108 cm³/mol. The molecule has 0 saturated carbocycles. The van der Waals surface area contributed by atoms with E-state index in [1.807, 2.05) is 30.3 Å². The van der Waals surface area contributed by atoms with E-state index in [9.17, 15) is 18.0 Å². The number of nitrogens with zero attached hydrogens (tertiary/aromatic N) is 2. The number of carbonyl (C=O) groups is 1. The van der Waals surface area contributed by atoms with Gasteiger partial charge in [0.2, 0.25) is 5.91 Å². The van der Waals surface area contributed by atoms with Crippen molar-refractivity contribution in [2.45, 2.75) is 38.4 Å². The summed E-state index contributed by atoms with van der Waals surface area (Å²) in [5.74, 6) is -0.712. The molecule has 0 bridgehead atoms. The first-order valence-electron chi connectivity index (χ1n) is 10.2. The number of hydrogen-bond acceptors (Lipinski definition) is 3. The number of rotatable bonds is 3. The van der Waals surface area contributed by atoms with Gasteiger partial charge in [0.05, 0.1) is 0 Å². The molecule has 8 heteroatoms. The quantitative estimate of drug-likeness (QED) is 0.796. The third kappa shape index (κ3) is 4.28. The van der Waals surface area contributed by atoms with Gasteiger partial charge in [-0.25, -0.2) is 0 Å². The van der Waals surface area contributed by atoms with Crippen molar-refractivity contribution in [3.05, 3.63) is 35.9 Å². The van der Waals surface area contributed by atoms with Crippen LogP contribution in [0.2, 0.25) is 0 Å². The molecule has 1 aromatic carbocycles. The lowest BCUT2D eigenvalue weighted by Gasteiger charge is -2.42. The number of amides is 1. The SMILES string of the molecule is Cl.O=C(N1CCC2(CCNC2)CC1)C1(C(F)(F)F)CCN(Cc2ccccc2)C1. The Balaban J connectivity index is 0.00000240. The van der Waals surface area contributed by atoms with Crippen molar-refractivity contribution < 1.29 is 18.0 Å². The molecule has 1 N–H and O–H groups in total.